The minimum Gasteiger partial charge on any atom is -0.870 e. The number of carbonyl (C=O) groups is 2. The average Bonchev–Trinajstić information content (AvgIpc) is 2.70. The van der Waals surface area contributed by atoms with E-state index in [0.717, 1.165) is 50.6 Å². The van der Waals surface area contributed by atoms with Gasteiger partial charge in [0.2, 0.25) is 0 Å². The van der Waals surface area contributed by atoms with Crippen molar-refractivity contribution in [1.29, 1.82) is 0 Å². The maximum atomic E-state index is 11.9. The Morgan fingerprint density at radius 2 is 1.11 bits per heavy atom. The van der Waals surface area contributed by atoms with Crippen molar-refractivity contribution in [2.45, 2.75) is 12.7 Å². The third-order valence-electron chi connectivity index (χ3n) is 3.45. The molecule has 2 rings (SSSR count). The summed E-state index contributed by atoms with van der Waals surface area (Å²) in [7, 11) is 3.53. The number of methoxy groups -OCH3 is 3. The van der Waals surface area contributed by atoms with E-state index in [1.54, 1.807) is 0 Å². The summed E-state index contributed by atoms with van der Waals surface area (Å²) in [5.74, 6) is -3.26. The smallest absolute Gasteiger partial charge is 0.870 e. The van der Waals surface area contributed by atoms with E-state index >= 15 is 0 Å². The van der Waals surface area contributed by atoms with Crippen molar-refractivity contribution in [2.75, 3.05) is 21.3 Å². The van der Waals surface area contributed by atoms with Crippen LogP contribution in [0.25, 0.3) is 0 Å². The Balaban J connectivity index is 0. The van der Waals surface area contributed by atoms with Crippen LogP contribution >= 0.6 is 0 Å². The number of hydrogen-bond acceptors (Lipinski definition) is 8. The van der Waals surface area contributed by atoms with Crippen LogP contribution in [-0.4, -0.2) is 56.6 Å². The number of ether oxygens (including phenoxy) is 5. The Bertz CT molecular complexity index is 980. The van der Waals surface area contributed by atoms with Gasteiger partial charge in [0.25, 0.3) is 0 Å². The van der Waals surface area contributed by atoms with Gasteiger partial charge < -0.3 is 34.3 Å². The molecule has 190 valence electrons. The van der Waals surface area contributed by atoms with Gasteiger partial charge in [0.15, 0.2) is 0 Å². The molecule has 9 nitrogen and oxygen atoms in total. The Morgan fingerprint density at radius 3 is 1.43 bits per heavy atom. The number of carbonyl (C=O) groups excluding carboxylic acids is 1. The molecule has 0 bridgehead atoms. The normalized spacial score (nSPS) is 10.3. The number of aromatic carboxylic acids is 1. The molecule has 0 atom stereocenters. The molecule has 0 saturated carbocycles. The zero-order chi connectivity index (χ0) is 25.4. The van der Waals surface area contributed by atoms with Crippen LogP contribution in [0, 0.1) is 0 Å². The van der Waals surface area contributed by atoms with Gasteiger partial charge >= 0.3 is 43.5 Å². The van der Waals surface area contributed by atoms with E-state index in [9.17, 15) is 35.9 Å². The summed E-state index contributed by atoms with van der Waals surface area (Å²) in [6.07, 6.45) is -9.62. The second kappa shape index (κ2) is 14.2. The first kappa shape index (κ1) is 33.9. The van der Waals surface area contributed by atoms with Gasteiger partial charge in [-0.3, -0.25) is 0 Å². The van der Waals surface area contributed by atoms with Crippen molar-refractivity contribution >= 4 is 11.9 Å². The predicted octanol–water partition coefficient (Wildman–Crippen LogP) is 1.50. The van der Waals surface area contributed by atoms with E-state index in [4.69, 9.17) is 9.84 Å². The van der Waals surface area contributed by atoms with Crippen LogP contribution in [0.2, 0.25) is 0 Å². The van der Waals surface area contributed by atoms with E-state index in [1.807, 2.05) is 0 Å². The number of rotatable bonds is 6. The molecular formula is C19H17F6LiO9. The SMILES string of the molecule is COC(=O)c1ccc(OC(F)(F)F)cc1OC.COc1cc(OC(F)(F)F)ccc1C(=O)O.[Li+].[OH-]. The molecule has 2 N–H and O–H groups in total. The molecule has 0 aliphatic heterocycles. The Morgan fingerprint density at radius 1 is 0.743 bits per heavy atom. The largest absolute Gasteiger partial charge is 1.00 e. The van der Waals surface area contributed by atoms with Crippen molar-refractivity contribution in [1.82, 2.24) is 0 Å². The van der Waals surface area contributed by atoms with Crippen molar-refractivity contribution in [3.8, 4) is 23.0 Å². The zero-order valence-corrected chi connectivity index (χ0v) is 18.5. The van der Waals surface area contributed by atoms with Crippen LogP contribution in [-0.2, 0) is 4.74 Å². The third-order valence-corrected chi connectivity index (χ3v) is 3.45. The minimum atomic E-state index is -4.82. The fourth-order valence-corrected chi connectivity index (χ4v) is 2.19. The van der Waals surface area contributed by atoms with Gasteiger partial charge in [-0.2, -0.15) is 0 Å². The molecule has 0 aliphatic rings. The molecule has 0 radical (unpaired) electrons. The molecule has 0 spiro atoms. The van der Waals surface area contributed by atoms with Crippen LogP contribution in [0.4, 0.5) is 26.3 Å². The summed E-state index contributed by atoms with van der Waals surface area (Å²) in [5.41, 5.74) is -0.221. The van der Waals surface area contributed by atoms with Gasteiger partial charge in [0, 0.05) is 12.1 Å². The molecule has 0 saturated heterocycles. The molecule has 0 unspecified atom stereocenters. The number of carboxylic acids is 1. The minimum absolute atomic E-state index is 0. The summed E-state index contributed by atoms with van der Waals surface area (Å²) in [4.78, 5) is 21.9. The number of benzene rings is 2. The van der Waals surface area contributed by atoms with Crippen molar-refractivity contribution in [3.63, 3.8) is 0 Å². The first-order chi connectivity index (χ1) is 15.2. The van der Waals surface area contributed by atoms with Crippen LogP contribution in [0.3, 0.4) is 0 Å². The van der Waals surface area contributed by atoms with E-state index in [2.05, 4.69) is 18.9 Å². The van der Waals surface area contributed by atoms with E-state index < -0.39 is 36.2 Å². The van der Waals surface area contributed by atoms with Gasteiger partial charge in [-0.1, -0.05) is 0 Å². The standard InChI is InChI=1S/C10H9F3O4.C9H7F3O4.Li.H2O/c1-15-8-5-6(17-10(11,12)13)3-4-7(8)9(14)16-2;1-15-7-4-5(16-9(10,11)12)2-3-6(7)8(13)14;;/h3-5H,1-2H3;2-4H,1H3,(H,13,14);;1H2/q;;+1;/p-1. The third kappa shape index (κ3) is 11.6. The predicted molar refractivity (Wildman–Crippen MR) is 99.6 cm³/mol. The quantitative estimate of drug-likeness (QED) is 0.349. The van der Waals surface area contributed by atoms with E-state index in [1.165, 1.54) is 7.11 Å². The molecule has 0 aliphatic carbocycles. The first-order valence-corrected chi connectivity index (χ1v) is 8.40. The number of hydrogen-bond donors (Lipinski definition) is 1. The summed E-state index contributed by atoms with van der Waals surface area (Å²) in [6.45, 7) is 0. The molecule has 0 aromatic heterocycles. The van der Waals surface area contributed by atoms with Crippen LogP contribution in [0.1, 0.15) is 20.7 Å². The van der Waals surface area contributed by atoms with E-state index in [0.29, 0.717) is 0 Å². The summed E-state index contributed by atoms with van der Waals surface area (Å²) in [5, 5.41) is 8.68. The fourth-order valence-electron chi connectivity index (χ4n) is 2.19. The van der Waals surface area contributed by atoms with Gasteiger partial charge in [-0.15, -0.1) is 26.3 Å². The zero-order valence-electron chi connectivity index (χ0n) is 18.5. The van der Waals surface area contributed by atoms with Crippen LogP contribution in [0.15, 0.2) is 36.4 Å². The summed E-state index contributed by atoms with van der Waals surface area (Å²) >= 11 is 0. The average molecular weight is 510 g/mol. The Kier molecular flexibility index (Phi) is 13.7. The maximum absolute atomic E-state index is 11.9. The fraction of sp³-hybridized carbons (Fsp3) is 0.263. The molecular weight excluding hydrogens is 493 g/mol. The number of alkyl halides is 6. The van der Waals surface area contributed by atoms with Gasteiger partial charge in [-0.25, -0.2) is 9.59 Å². The van der Waals surface area contributed by atoms with Gasteiger partial charge in [0.05, 0.1) is 21.3 Å². The summed E-state index contributed by atoms with van der Waals surface area (Å²) < 4.78 is 92.5. The molecule has 2 aromatic rings. The molecule has 35 heavy (non-hydrogen) atoms. The van der Waals surface area contributed by atoms with E-state index in [-0.39, 0.29) is 47.0 Å². The van der Waals surface area contributed by atoms with Crippen molar-refractivity contribution in [3.05, 3.63) is 47.5 Å². The van der Waals surface area contributed by atoms with Crippen LogP contribution in [0.5, 0.6) is 23.0 Å². The monoisotopic (exact) mass is 510 g/mol. The second-order valence-electron chi connectivity index (χ2n) is 5.62. The molecule has 0 heterocycles. The first-order valence-electron chi connectivity index (χ1n) is 8.40. The molecule has 0 amide bonds. The number of esters is 1. The Hall–Kier alpha value is -3.28. The topological polar surface area (TPSA) is 131 Å². The van der Waals surface area contributed by atoms with Gasteiger partial charge in [0.1, 0.15) is 34.1 Å². The van der Waals surface area contributed by atoms with Gasteiger partial charge in [-0.05, 0) is 24.3 Å². The molecule has 16 heteroatoms. The molecule has 0 fully saturated rings. The van der Waals surface area contributed by atoms with Crippen molar-refractivity contribution < 1.29 is 89.1 Å². The summed E-state index contributed by atoms with van der Waals surface area (Å²) in [6, 6.07) is 5.83. The molecule has 2 aromatic carbocycles. The van der Waals surface area contributed by atoms with Crippen LogP contribution < -0.4 is 37.8 Å². The number of halogens is 6. The second-order valence-corrected chi connectivity index (χ2v) is 5.62. The Labute approximate surface area is 206 Å². The van der Waals surface area contributed by atoms with Crippen molar-refractivity contribution in [2.24, 2.45) is 0 Å². The number of carboxylic acid groups (broad SMARTS) is 1. The maximum Gasteiger partial charge on any atom is 1.00 e.